The SMILES string of the molecule is c1ccc(-c2nc3ccccc3n2-c2ccc(-c3c4ccccc4c(-c4ccc(-c5ccc6ccccc6c5)cc4)c4ccccc34)cc2)cc1. The highest BCUT2D eigenvalue weighted by Gasteiger charge is 2.18. The van der Waals surface area contributed by atoms with Gasteiger partial charge in [-0.1, -0.05) is 164 Å². The third-order valence-electron chi connectivity index (χ3n) is 10.2. The van der Waals surface area contributed by atoms with Crippen LogP contribution >= 0.6 is 0 Å². The lowest BCUT2D eigenvalue weighted by atomic mass is 9.85. The molecule has 0 N–H and O–H groups in total. The highest BCUT2D eigenvalue weighted by molar-refractivity contribution is 6.21. The van der Waals surface area contributed by atoms with Crippen molar-refractivity contribution in [3.8, 4) is 50.5 Å². The predicted octanol–water partition coefficient (Wildman–Crippen LogP) is 13.2. The van der Waals surface area contributed by atoms with Gasteiger partial charge >= 0.3 is 0 Å². The largest absolute Gasteiger partial charge is 0.292 e. The van der Waals surface area contributed by atoms with Crippen molar-refractivity contribution < 1.29 is 0 Å². The van der Waals surface area contributed by atoms with Crippen LogP contribution in [0.4, 0.5) is 0 Å². The molecule has 0 aliphatic carbocycles. The zero-order valence-corrected chi connectivity index (χ0v) is 27.9. The van der Waals surface area contributed by atoms with E-state index in [0.29, 0.717) is 0 Å². The van der Waals surface area contributed by atoms with Crippen LogP contribution < -0.4 is 0 Å². The van der Waals surface area contributed by atoms with Crippen molar-refractivity contribution in [2.24, 2.45) is 0 Å². The fourth-order valence-electron chi connectivity index (χ4n) is 7.79. The molecule has 2 heteroatoms. The van der Waals surface area contributed by atoms with E-state index in [1.807, 2.05) is 6.07 Å². The number of hydrogen-bond acceptors (Lipinski definition) is 1. The first-order chi connectivity index (χ1) is 25.3. The Bertz CT molecular complexity index is 2820. The monoisotopic (exact) mass is 648 g/mol. The number of para-hydroxylation sites is 2. The molecule has 10 aromatic rings. The topological polar surface area (TPSA) is 17.8 Å². The molecule has 0 amide bonds. The Labute approximate surface area is 296 Å². The number of nitrogens with zero attached hydrogens (tertiary/aromatic N) is 2. The summed E-state index contributed by atoms with van der Waals surface area (Å²) in [7, 11) is 0. The van der Waals surface area contributed by atoms with Gasteiger partial charge in [0.2, 0.25) is 0 Å². The van der Waals surface area contributed by atoms with Crippen molar-refractivity contribution in [3.05, 3.63) is 194 Å². The van der Waals surface area contributed by atoms with Gasteiger partial charge in [0.1, 0.15) is 5.82 Å². The van der Waals surface area contributed by atoms with Crippen molar-refractivity contribution in [2.75, 3.05) is 0 Å². The number of benzene rings is 9. The molecular weight excluding hydrogens is 617 g/mol. The fraction of sp³-hybridized carbons (Fsp3) is 0. The quantitative estimate of drug-likeness (QED) is 0.170. The summed E-state index contributed by atoms with van der Waals surface area (Å²) in [6, 6.07) is 69.9. The van der Waals surface area contributed by atoms with Crippen LogP contribution in [0.5, 0.6) is 0 Å². The molecule has 9 aromatic carbocycles. The minimum absolute atomic E-state index is 0.941. The van der Waals surface area contributed by atoms with Gasteiger partial charge in [-0.05, 0) is 96.0 Å². The smallest absolute Gasteiger partial charge is 0.145 e. The standard InChI is InChI=1S/C49H32N2/c1-2-13-37(14-3-1)49-50-45-20-10-11-21-46(45)51(49)40-30-28-36(29-31-40)48-43-18-8-6-16-41(43)47(42-17-7-9-19-44(42)48)35-25-22-34(23-26-35)39-27-24-33-12-4-5-15-38(33)32-39/h1-32H. The maximum absolute atomic E-state index is 5.06. The third kappa shape index (κ3) is 4.92. The van der Waals surface area contributed by atoms with Gasteiger partial charge in [-0.15, -0.1) is 0 Å². The lowest BCUT2D eigenvalue weighted by Crippen LogP contribution is -1.97. The Morgan fingerprint density at radius 2 is 0.824 bits per heavy atom. The van der Waals surface area contributed by atoms with Crippen LogP contribution in [-0.4, -0.2) is 9.55 Å². The summed E-state index contributed by atoms with van der Waals surface area (Å²) in [6.07, 6.45) is 0. The van der Waals surface area contributed by atoms with Crippen LogP contribution in [0.1, 0.15) is 0 Å². The molecular formula is C49H32N2. The molecule has 0 atom stereocenters. The van der Waals surface area contributed by atoms with E-state index in [0.717, 1.165) is 28.1 Å². The molecule has 10 rings (SSSR count). The van der Waals surface area contributed by atoms with Gasteiger partial charge in [-0.2, -0.15) is 0 Å². The Morgan fingerprint density at radius 1 is 0.333 bits per heavy atom. The van der Waals surface area contributed by atoms with Crippen LogP contribution in [0.25, 0.3) is 93.8 Å². The second kappa shape index (κ2) is 12.0. The van der Waals surface area contributed by atoms with E-state index in [2.05, 4.69) is 193 Å². The van der Waals surface area contributed by atoms with Crippen LogP contribution in [0.15, 0.2) is 194 Å². The molecule has 0 aliphatic rings. The van der Waals surface area contributed by atoms with E-state index in [9.17, 15) is 0 Å². The van der Waals surface area contributed by atoms with E-state index in [-0.39, 0.29) is 0 Å². The first-order valence-electron chi connectivity index (χ1n) is 17.5. The fourth-order valence-corrected chi connectivity index (χ4v) is 7.79. The van der Waals surface area contributed by atoms with Crippen molar-refractivity contribution >= 4 is 43.4 Å². The number of rotatable bonds is 5. The van der Waals surface area contributed by atoms with Crippen LogP contribution in [0, 0.1) is 0 Å². The number of fused-ring (bicyclic) bond motifs is 4. The normalized spacial score (nSPS) is 11.5. The number of aromatic nitrogens is 2. The third-order valence-corrected chi connectivity index (χ3v) is 10.2. The van der Waals surface area contributed by atoms with Gasteiger partial charge in [0.25, 0.3) is 0 Å². The molecule has 0 unspecified atom stereocenters. The maximum Gasteiger partial charge on any atom is 0.145 e. The summed E-state index contributed by atoms with van der Waals surface area (Å²) < 4.78 is 2.27. The zero-order chi connectivity index (χ0) is 33.7. The minimum atomic E-state index is 0.941. The van der Waals surface area contributed by atoms with Gasteiger partial charge in [-0.3, -0.25) is 4.57 Å². The predicted molar refractivity (Wildman–Crippen MR) is 215 cm³/mol. The van der Waals surface area contributed by atoms with Crippen molar-refractivity contribution in [3.63, 3.8) is 0 Å². The molecule has 0 saturated carbocycles. The zero-order valence-electron chi connectivity index (χ0n) is 27.9. The second-order valence-electron chi connectivity index (χ2n) is 13.2. The molecule has 2 nitrogen and oxygen atoms in total. The van der Waals surface area contributed by atoms with Gasteiger partial charge in [0, 0.05) is 11.3 Å². The molecule has 0 aliphatic heterocycles. The van der Waals surface area contributed by atoms with E-state index < -0.39 is 0 Å². The molecule has 0 spiro atoms. The maximum atomic E-state index is 5.06. The molecule has 0 bridgehead atoms. The first-order valence-corrected chi connectivity index (χ1v) is 17.5. The Hall–Kier alpha value is -6.77. The molecule has 238 valence electrons. The number of hydrogen-bond donors (Lipinski definition) is 0. The van der Waals surface area contributed by atoms with Crippen LogP contribution in [0.3, 0.4) is 0 Å². The Balaban J connectivity index is 1.11. The van der Waals surface area contributed by atoms with Crippen LogP contribution in [0.2, 0.25) is 0 Å². The van der Waals surface area contributed by atoms with Crippen molar-refractivity contribution in [2.45, 2.75) is 0 Å². The highest BCUT2D eigenvalue weighted by Crippen LogP contribution is 2.44. The summed E-state index contributed by atoms with van der Waals surface area (Å²) in [6.45, 7) is 0. The summed E-state index contributed by atoms with van der Waals surface area (Å²) in [4.78, 5) is 5.06. The van der Waals surface area contributed by atoms with E-state index in [4.69, 9.17) is 4.98 Å². The summed E-state index contributed by atoms with van der Waals surface area (Å²) in [5.74, 6) is 0.941. The number of imidazole rings is 1. The van der Waals surface area contributed by atoms with Crippen molar-refractivity contribution in [1.82, 2.24) is 9.55 Å². The summed E-state index contributed by atoms with van der Waals surface area (Å²) >= 11 is 0. The Kier molecular flexibility index (Phi) is 6.85. The molecule has 1 aromatic heterocycles. The lowest BCUT2D eigenvalue weighted by Gasteiger charge is -2.18. The van der Waals surface area contributed by atoms with Gasteiger partial charge in [0.15, 0.2) is 0 Å². The van der Waals surface area contributed by atoms with E-state index in [1.165, 1.54) is 65.7 Å². The summed E-state index contributed by atoms with van der Waals surface area (Å²) in [5.41, 5.74) is 11.6. The molecule has 51 heavy (non-hydrogen) atoms. The van der Waals surface area contributed by atoms with Gasteiger partial charge in [-0.25, -0.2) is 4.98 Å². The van der Waals surface area contributed by atoms with E-state index >= 15 is 0 Å². The van der Waals surface area contributed by atoms with E-state index in [1.54, 1.807) is 0 Å². The molecule has 1 heterocycles. The molecule has 0 radical (unpaired) electrons. The average Bonchev–Trinajstić information content (AvgIpc) is 3.60. The lowest BCUT2D eigenvalue weighted by molar-refractivity contribution is 1.10. The highest BCUT2D eigenvalue weighted by atomic mass is 15.1. The molecule has 0 saturated heterocycles. The van der Waals surface area contributed by atoms with Gasteiger partial charge < -0.3 is 0 Å². The minimum Gasteiger partial charge on any atom is -0.292 e. The second-order valence-corrected chi connectivity index (χ2v) is 13.2. The van der Waals surface area contributed by atoms with Gasteiger partial charge in [0.05, 0.1) is 11.0 Å². The van der Waals surface area contributed by atoms with Crippen LogP contribution in [-0.2, 0) is 0 Å². The Morgan fingerprint density at radius 3 is 1.47 bits per heavy atom. The average molecular weight is 649 g/mol. The van der Waals surface area contributed by atoms with Crippen molar-refractivity contribution in [1.29, 1.82) is 0 Å². The molecule has 0 fully saturated rings. The summed E-state index contributed by atoms with van der Waals surface area (Å²) in [5, 5.41) is 7.51. The first kappa shape index (κ1) is 29.2.